The van der Waals surface area contributed by atoms with E-state index in [2.05, 4.69) is 25.4 Å². The van der Waals surface area contributed by atoms with Crippen molar-refractivity contribution in [1.82, 2.24) is 24.7 Å². The predicted molar refractivity (Wildman–Crippen MR) is 94.8 cm³/mol. The summed E-state index contributed by atoms with van der Waals surface area (Å²) in [5.41, 5.74) is 1.53. The number of aryl methyl sites for hydroxylation is 1. The van der Waals surface area contributed by atoms with E-state index < -0.39 is 9.84 Å². The first-order valence-electron chi connectivity index (χ1n) is 8.06. The zero-order chi connectivity index (χ0) is 17.4. The topological polar surface area (TPSA) is 103 Å². The minimum absolute atomic E-state index is 0.105. The fraction of sp³-hybridized carbons (Fsp3) is 0.375. The van der Waals surface area contributed by atoms with Crippen LogP contribution in [-0.2, 0) is 16.9 Å². The van der Waals surface area contributed by atoms with Gasteiger partial charge < -0.3 is 5.32 Å². The van der Waals surface area contributed by atoms with Gasteiger partial charge in [0.05, 0.1) is 23.1 Å². The van der Waals surface area contributed by atoms with Gasteiger partial charge in [-0.2, -0.15) is 5.10 Å². The zero-order valence-corrected chi connectivity index (χ0v) is 14.6. The van der Waals surface area contributed by atoms with Gasteiger partial charge in [-0.3, -0.25) is 9.67 Å². The summed E-state index contributed by atoms with van der Waals surface area (Å²) >= 11 is 0. The summed E-state index contributed by atoms with van der Waals surface area (Å²) in [5.74, 6) is 1.84. The van der Waals surface area contributed by atoms with Gasteiger partial charge in [0.15, 0.2) is 21.3 Å². The van der Waals surface area contributed by atoms with E-state index >= 15 is 0 Å². The molecule has 4 heterocycles. The molecule has 3 aromatic heterocycles. The standard InChI is InChI=1S/C16H18N6O2S/c1-22-16-13(9-19-22)15(18-7-11-4-6-25(23,24)10-11)20-14(21-16)12-3-2-5-17-8-12/h2-3,5,8-9,11H,4,6-7,10H2,1H3,(H,18,20,21). The second-order valence-electron chi connectivity index (χ2n) is 6.29. The first kappa shape index (κ1) is 15.9. The van der Waals surface area contributed by atoms with Gasteiger partial charge in [-0.25, -0.2) is 18.4 Å². The molecule has 1 fully saturated rings. The Bertz CT molecular complexity index is 1020. The number of nitrogens with zero attached hydrogens (tertiary/aromatic N) is 5. The molecule has 1 atom stereocenters. The maximum atomic E-state index is 11.6. The van der Waals surface area contributed by atoms with Crippen molar-refractivity contribution in [2.24, 2.45) is 13.0 Å². The molecule has 1 aliphatic heterocycles. The van der Waals surface area contributed by atoms with Crippen molar-refractivity contribution >= 4 is 26.7 Å². The molecule has 130 valence electrons. The number of nitrogens with one attached hydrogen (secondary N) is 1. The Hall–Kier alpha value is -2.55. The van der Waals surface area contributed by atoms with Crippen LogP contribution >= 0.6 is 0 Å². The van der Waals surface area contributed by atoms with E-state index in [0.29, 0.717) is 24.6 Å². The largest absolute Gasteiger partial charge is 0.369 e. The van der Waals surface area contributed by atoms with Crippen molar-refractivity contribution in [3.8, 4) is 11.4 Å². The molecule has 0 bridgehead atoms. The fourth-order valence-electron chi connectivity index (χ4n) is 3.06. The highest BCUT2D eigenvalue weighted by molar-refractivity contribution is 7.91. The molecule has 4 rings (SSSR count). The number of hydrogen-bond donors (Lipinski definition) is 1. The molecule has 25 heavy (non-hydrogen) atoms. The molecule has 0 spiro atoms. The first-order valence-corrected chi connectivity index (χ1v) is 9.88. The Kier molecular flexibility index (Phi) is 3.87. The van der Waals surface area contributed by atoms with Gasteiger partial charge in [0.25, 0.3) is 0 Å². The number of anilines is 1. The minimum Gasteiger partial charge on any atom is -0.369 e. The van der Waals surface area contributed by atoms with Gasteiger partial charge in [-0.1, -0.05) is 0 Å². The van der Waals surface area contributed by atoms with E-state index in [4.69, 9.17) is 0 Å². The van der Waals surface area contributed by atoms with Crippen LogP contribution in [0.2, 0.25) is 0 Å². The monoisotopic (exact) mass is 358 g/mol. The molecule has 8 nitrogen and oxygen atoms in total. The molecule has 3 aromatic rings. The Morgan fingerprint density at radius 2 is 2.20 bits per heavy atom. The normalized spacial score (nSPS) is 19.3. The minimum atomic E-state index is -2.89. The highest BCUT2D eigenvalue weighted by Gasteiger charge is 2.27. The molecule has 1 unspecified atom stereocenters. The average Bonchev–Trinajstić information content (AvgIpc) is 3.16. The third-order valence-electron chi connectivity index (χ3n) is 4.40. The van der Waals surface area contributed by atoms with E-state index in [1.54, 1.807) is 23.3 Å². The lowest BCUT2D eigenvalue weighted by Crippen LogP contribution is -2.16. The van der Waals surface area contributed by atoms with Crippen LogP contribution in [0.1, 0.15) is 6.42 Å². The van der Waals surface area contributed by atoms with Crippen molar-refractivity contribution in [2.45, 2.75) is 6.42 Å². The lowest BCUT2D eigenvalue weighted by Gasteiger charge is -2.12. The van der Waals surface area contributed by atoms with E-state index in [-0.39, 0.29) is 17.4 Å². The molecule has 0 aromatic carbocycles. The lowest BCUT2D eigenvalue weighted by atomic mass is 10.1. The summed E-state index contributed by atoms with van der Waals surface area (Å²) in [6.07, 6.45) is 5.82. The quantitative estimate of drug-likeness (QED) is 0.749. The van der Waals surface area contributed by atoms with Crippen LogP contribution in [0.25, 0.3) is 22.4 Å². The molecule has 1 saturated heterocycles. The summed E-state index contributed by atoms with van der Waals surface area (Å²) in [6.45, 7) is 0.562. The summed E-state index contributed by atoms with van der Waals surface area (Å²) in [6, 6.07) is 3.74. The lowest BCUT2D eigenvalue weighted by molar-refractivity contribution is 0.596. The van der Waals surface area contributed by atoms with Crippen molar-refractivity contribution < 1.29 is 8.42 Å². The number of aromatic nitrogens is 5. The van der Waals surface area contributed by atoms with Gasteiger partial charge in [0, 0.05) is 31.5 Å². The Labute approximate surface area is 145 Å². The number of pyridine rings is 1. The maximum Gasteiger partial charge on any atom is 0.165 e. The zero-order valence-electron chi connectivity index (χ0n) is 13.8. The van der Waals surface area contributed by atoms with E-state index in [0.717, 1.165) is 16.6 Å². The van der Waals surface area contributed by atoms with Crippen LogP contribution in [0.3, 0.4) is 0 Å². The molecule has 0 saturated carbocycles. The Morgan fingerprint density at radius 3 is 2.92 bits per heavy atom. The van der Waals surface area contributed by atoms with E-state index in [9.17, 15) is 8.42 Å². The molecule has 0 radical (unpaired) electrons. The summed E-state index contributed by atoms with van der Waals surface area (Å²) in [7, 11) is -1.06. The van der Waals surface area contributed by atoms with Crippen LogP contribution in [0.4, 0.5) is 5.82 Å². The highest BCUT2D eigenvalue weighted by atomic mass is 32.2. The molecular formula is C16H18N6O2S. The van der Waals surface area contributed by atoms with Crippen LogP contribution in [0, 0.1) is 5.92 Å². The second kappa shape index (κ2) is 6.07. The van der Waals surface area contributed by atoms with E-state index in [1.165, 1.54) is 0 Å². The number of fused-ring (bicyclic) bond motifs is 1. The van der Waals surface area contributed by atoms with Crippen LogP contribution < -0.4 is 5.32 Å². The van der Waals surface area contributed by atoms with Gasteiger partial charge in [-0.15, -0.1) is 0 Å². The number of hydrogen-bond acceptors (Lipinski definition) is 7. The molecule has 1 N–H and O–H groups in total. The van der Waals surface area contributed by atoms with Crippen molar-refractivity contribution in [2.75, 3.05) is 23.4 Å². The Morgan fingerprint density at radius 1 is 1.32 bits per heavy atom. The van der Waals surface area contributed by atoms with Crippen molar-refractivity contribution in [3.05, 3.63) is 30.7 Å². The molecule has 0 amide bonds. The number of rotatable bonds is 4. The molecule has 1 aliphatic rings. The summed E-state index contributed by atoms with van der Waals surface area (Å²) < 4.78 is 25.0. The second-order valence-corrected chi connectivity index (χ2v) is 8.52. The van der Waals surface area contributed by atoms with Crippen LogP contribution in [0.15, 0.2) is 30.7 Å². The highest BCUT2D eigenvalue weighted by Crippen LogP contribution is 2.25. The van der Waals surface area contributed by atoms with Crippen molar-refractivity contribution in [3.63, 3.8) is 0 Å². The first-order chi connectivity index (χ1) is 12.0. The summed E-state index contributed by atoms with van der Waals surface area (Å²) in [4.78, 5) is 13.3. The van der Waals surface area contributed by atoms with Crippen molar-refractivity contribution in [1.29, 1.82) is 0 Å². The van der Waals surface area contributed by atoms with Gasteiger partial charge >= 0.3 is 0 Å². The Balaban J connectivity index is 1.67. The third kappa shape index (κ3) is 3.19. The van der Waals surface area contributed by atoms with Crippen LogP contribution in [-0.4, -0.2) is 51.2 Å². The third-order valence-corrected chi connectivity index (χ3v) is 6.23. The van der Waals surface area contributed by atoms with Crippen LogP contribution in [0.5, 0.6) is 0 Å². The van der Waals surface area contributed by atoms with Gasteiger partial charge in [0.2, 0.25) is 0 Å². The van der Waals surface area contributed by atoms with E-state index in [1.807, 2.05) is 19.2 Å². The smallest absolute Gasteiger partial charge is 0.165 e. The average molecular weight is 358 g/mol. The molecule has 0 aliphatic carbocycles. The molecular weight excluding hydrogens is 340 g/mol. The summed E-state index contributed by atoms with van der Waals surface area (Å²) in [5, 5.41) is 8.37. The number of sulfone groups is 1. The fourth-order valence-corrected chi connectivity index (χ4v) is 4.92. The SMILES string of the molecule is Cn1ncc2c(NCC3CCS(=O)(=O)C3)nc(-c3cccnc3)nc21. The predicted octanol–water partition coefficient (Wildman–Crippen LogP) is 1.27. The maximum absolute atomic E-state index is 11.6. The van der Waals surface area contributed by atoms with Gasteiger partial charge in [0.1, 0.15) is 5.82 Å². The molecule has 9 heteroatoms. The van der Waals surface area contributed by atoms with Gasteiger partial charge in [-0.05, 0) is 24.5 Å².